The number of hydrogen-bond donors (Lipinski definition) is 0. The lowest BCUT2D eigenvalue weighted by atomic mass is 9.79. The van der Waals surface area contributed by atoms with Gasteiger partial charge in [0.05, 0.1) is 6.61 Å². The Labute approximate surface area is 213 Å². The quantitative estimate of drug-likeness (QED) is 0.202. The molecular formula is C32H35F3O. The molecule has 1 aliphatic carbocycles. The summed E-state index contributed by atoms with van der Waals surface area (Å²) in [5.41, 5.74) is 3.19. The van der Waals surface area contributed by atoms with Crippen molar-refractivity contribution >= 4 is 0 Å². The number of halogens is 3. The van der Waals surface area contributed by atoms with E-state index in [0.29, 0.717) is 47.8 Å². The van der Waals surface area contributed by atoms with Crippen LogP contribution >= 0.6 is 0 Å². The minimum atomic E-state index is -0.711. The summed E-state index contributed by atoms with van der Waals surface area (Å²) < 4.78 is 50.0. The van der Waals surface area contributed by atoms with Gasteiger partial charge in [-0.3, -0.25) is 0 Å². The molecule has 0 amide bonds. The van der Waals surface area contributed by atoms with Crippen molar-refractivity contribution < 1.29 is 17.9 Å². The van der Waals surface area contributed by atoms with Gasteiger partial charge in [-0.1, -0.05) is 62.2 Å². The van der Waals surface area contributed by atoms with Crippen molar-refractivity contribution in [2.75, 3.05) is 6.61 Å². The molecule has 1 saturated carbocycles. The second-order valence-electron chi connectivity index (χ2n) is 10.0. The molecule has 0 atom stereocenters. The maximum atomic E-state index is 14.9. The number of ether oxygens (including phenoxy) is 1. The molecule has 1 aliphatic rings. The minimum absolute atomic E-state index is 0.121. The van der Waals surface area contributed by atoms with E-state index in [1.54, 1.807) is 24.3 Å². The Morgan fingerprint density at radius 1 is 0.889 bits per heavy atom. The van der Waals surface area contributed by atoms with Gasteiger partial charge in [0.15, 0.2) is 11.6 Å². The minimum Gasteiger partial charge on any atom is -0.493 e. The monoisotopic (exact) mass is 492 g/mol. The first kappa shape index (κ1) is 26.1. The largest absolute Gasteiger partial charge is 0.493 e. The van der Waals surface area contributed by atoms with E-state index in [0.717, 1.165) is 49.7 Å². The van der Waals surface area contributed by atoms with E-state index in [-0.39, 0.29) is 11.7 Å². The smallest absolute Gasteiger partial charge is 0.162 e. The normalized spacial score (nSPS) is 17.7. The van der Waals surface area contributed by atoms with Crippen LogP contribution in [0.5, 0.6) is 5.75 Å². The van der Waals surface area contributed by atoms with Crippen molar-refractivity contribution in [3.8, 4) is 16.9 Å². The SMILES string of the molecule is C=CCCCOc1ccc(-c2ccc(CCc3ccc(C4CCC(C)CC4)c(F)c3F)cc2)c(F)c1. The van der Waals surface area contributed by atoms with Gasteiger partial charge >= 0.3 is 0 Å². The van der Waals surface area contributed by atoms with Crippen LogP contribution in [0.1, 0.15) is 68.1 Å². The first-order valence-electron chi connectivity index (χ1n) is 13.1. The van der Waals surface area contributed by atoms with E-state index < -0.39 is 11.6 Å². The molecule has 0 aromatic heterocycles. The first-order valence-corrected chi connectivity index (χ1v) is 13.1. The lowest BCUT2D eigenvalue weighted by Crippen LogP contribution is -2.13. The average Bonchev–Trinajstić information content (AvgIpc) is 2.89. The summed E-state index contributed by atoms with van der Waals surface area (Å²) in [5, 5.41) is 0. The van der Waals surface area contributed by atoms with Crippen LogP contribution in [0, 0.1) is 23.4 Å². The molecule has 0 spiro atoms. The van der Waals surface area contributed by atoms with Gasteiger partial charge < -0.3 is 4.74 Å². The standard InChI is InChI=1S/C32H35F3O/c1-3-4-5-20-36-27-17-19-28(30(33)21-27)24-13-8-23(9-14-24)10-15-26-16-18-29(32(35)31(26)34)25-11-6-22(2)7-12-25/h3,8-9,13-14,16-19,21-22,25H,1,4-7,10-12,15,20H2,2H3. The predicted octanol–water partition coefficient (Wildman–Crippen LogP) is 9.19. The van der Waals surface area contributed by atoms with Crippen molar-refractivity contribution in [1.29, 1.82) is 0 Å². The molecule has 190 valence electrons. The molecule has 4 heteroatoms. The Morgan fingerprint density at radius 2 is 1.64 bits per heavy atom. The zero-order valence-corrected chi connectivity index (χ0v) is 21.0. The molecule has 36 heavy (non-hydrogen) atoms. The Kier molecular flexibility index (Phi) is 8.90. The van der Waals surface area contributed by atoms with Crippen LogP contribution in [0.3, 0.4) is 0 Å². The fraction of sp³-hybridized carbons (Fsp3) is 0.375. The Bertz CT molecular complexity index is 1160. The Hall–Kier alpha value is -3.01. The van der Waals surface area contributed by atoms with E-state index >= 15 is 0 Å². The maximum absolute atomic E-state index is 14.9. The predicted molar refractivity (Wildman–Crippen MR) is 141 cm³/mol. The fourth-order valence-corrected chi connectivity index (χ4v) is 5.05. The third kappa shape index (κ3) is 6.40. The molecule has 0 heterocycles. The van der Waals surface area contributed by atoms with Crippen molar-refractivity contribution in [3.63, 3.8) is 0 Å². The second-order valence-corrected chi connectivity index (χ2v) is 10.0. The molecule has 0 radical (unpaired) electrons. The van der Waals surface area contributed by atoms with Crippen molar-refractivity contribution in [2.45, 2.75) is 64.2 Å². The molecule has 0 saturated heterocycles. The van der Waals surface area contributed by atoms with E-state index in [1.807, 2.05) is 30.3 Å². The van der Waals surface area contributed by atoms with Crippen LogP contribution in [0.15, 0.2) is 67.3 Å². The summed E-state index contributed by atoms with van der Waals surface area (Å²) in [5.74, 6) is -0.426. The van der Waals surface area contributed by atoms with Gasteiger partial charge in [0, 0.05) is 11.6 Å². The summed E-state index contributed by atoms with van der Waals surface area (Å²) in [6, 6.07) is 16.0. The molecular weight excluding hydrogens is 457 g/mol. The van der Waals surface area contributed by atoms with Crippen molar-refractivity contribution in [3.05, 3.63) is 101 Å². The highest BCUT2D eigenvalue weighted by molar-refractivity contribution is 5.65. The Morgan fingerprint density at radius 3 is 2.33 bits per heavy atom. The number of aryl methyl sites for hydroxylation is 2. The molecule has 4 rings (SSSR count). The molecule has 1 fully saturated rings. The molecule has 1 nitrogen and oxygen atoms in total. The van der Waals surface area contributed by atoms with Gasteiger partial charge in [0.1, 0.15) is 11.6 Å². The van der Waals surface area contributed by atoms with E-state index in [4.69, 9.17) is 4.74 Å². The maximum Gasteiger partial charge on any atom is 0.162 e. The lowest BCUT2D eigenvalue weighted by molar-refractivity contribution is 0.310. The average molecular weight is 493 g/mol. The highest BCUT2D eigenvalue weighted by atomic mass is 19.2. The van der Waals surface area contributed by atoms with Crippen LogP contribution in [0.25, 0.3) is 11.1 Å². The highest BCUT2D eigenvalue weighted by Crippen LogP contribution is 2.37. The fourth-order valence-electron chi connectivity index (χ4n) is 5.05. The summed E-state index contributed by atoms with van der Waals surface area (Å²) in [6.45, 7) is 6.42. The summed E-state index contributed by atoms with van der Waals surface area (Å²) in [7, 11) is 0. The number of hydrogen-bond acceptors (Lipinski definition) is 1. The lowest BCUT2D eigenvalue weighted by Gasteiger charge is -2.27. The summed E-state index contributed by atoms with van der Waals surface area (Å²) in [6.07, 6.45) is 8.52. The van der Waals surface area contributed by atoms with E-state index in [1.165, 1.54) is 6.07 Å². The van der Waals surface area contributed by atoms with Gasteiger partial charge in [-0.2, -0.15) is 0 Å². The van der Waals surface area contributed by atoms with Crippen molar-refractivity contribution in [1.82, 2.24) is 0 Å². The molecule has 0 unspecified atom stereocenters. The molecule has 0 bridgehead atoms. The number of allylic oxidation sites excluding steroid dienone is 1. The van der Waals surface area contributed by atoms with Crippen LogP contribution in [-0.2, 0) is 12.8 Å². The van der Waals surface area contributed by atoms with Gasteiger partial charge in [-0.25, -0.2) is 13.2 Å². The second kappa shape index (κ2) is 12.3. The van der Waals surface area contributed by atoms with E-state index in [9.17, 15) is 13.2 Å². The third-order valence-electron chi connectivity index (χ3n) is 7.36. The van der Waals surface area contributed by atoms with Gasteiger partial charge in [0.25, 0.3) is 0 Å². The van der Waals surface area contributed by atoms with Crippen LogP contribution in [0.2, 0.25) is 0 Å². The van der Waals surface area contributed by atoms with Gasteiger partial charge in [-0.15, -0.1) is 6.58 Å². The summed E-state index contributed by atoms with van der Waals surface area (Å²) >= 11 is 0. The molecule has 0 N–H and O–H groups in total. The third-order valence-corrected chi connectivity index (χ3v) is 7.36. The number of benzene rings is 3. The first-order chi connectivity index (χ1) is 17.5. The van der Waals surface area contributed by atoms with Crippen LogP contribution in [0.4, 0.5) is 13.2 Å². The number of unbranched alkanes of at least 4 members (excludes halogenated alkanes) is 1. The zero-order chi connectivity index (χ0) is 25.5. The Balaban J connectivity index is 1.37. The van der Waals surface area contributed by atoms with Gasteiger partial charge in [-0.05, 0) is 84.7 Å². The highest BCUT2D eigenvalue weighted by Gasteiger charge is 2.24. The zero-order valence-electron chi connectivity index (χ0n) is 21.0. The molecule has 0 aliphatic heterocycles. The van der Waals surface area contributed by atoms with Crippen molar-refractivity contribution in [2.24, 2.45) is 5.92 Å². The number of rotatable bonds is 10. The molecule has 3 aromatic carbocycles. The van der Waals surface area contributed by atoms with Crippen LogP contribution < -0.4 is 4.74 Å². The van der Waals surface area contributed by atoms with Gasteiger partial charge in [0.2, 0.25) is 0 Å². The van der Waals surface area contributed by atoms with E-state index in [2.05, 4.69) is 13.5 Å². The van der Waals surface area contributed by atoms with Crippen LogP contribution in [-0.4, -0.2) is 6.61 Å². The summed E-state index contributed by atoms with van der Waals surface area (Å²) in [4.78, 5) is 0. The molecule has 3 aromatic rings. The topological polar surface area (TPSA) is 9.23 Å².